The van der Waals surface area contributed by atoms with Crippen molar-refractivity contribution in [2.24, 2.45) is 0 Å². The van der Waals surface area contributed by atoms with E-state index in [1.807, 2.05) is 18.2 Å². The predicted molar refractivity (Wildman–Crippen MR) is 90.2 cm³/mol. The molecule has 2 unspecified atom stereocenters. The van der Waals surface area contributed by atoms with Crippen LogP contribution in [0.4, 0.5) is 0 Å². The first-order valence-electron chi connectivity index (χ1n) is 7.42. The Balaban J connectivity index is 1.97. The molecular formula is C16H18BrN3O2. The van der Waals surface area contributed by atoms with E-state index < -0.39 is 0 Å². The Labute approximate surface area is 136 Å². The molecule has 1 aromatic carbocycles. The van der Waals surface area contributed by atoms with Gasteiger partial charge in [-0.15, -0.1) is 0 Å². The van der Waals surface area contributed by atoms with E-state index in [1.165, 1.54) is 6.07 Å². The summed E-state index contributed by atoms with van der Waals surface area (Å²) in [5, 5.41) is 7.15. The number of halogens is 1. The number of H-pyrrole nitrogens is 1. The summed E-state index contributed by atoms with van der Waals surface area (Å²) in [6.45, 7) is 3.05. The number of aromatic amines is 1. The molecule has 3 rings (SSSR count). The molecule has 0 bridgehead atoms. The number of amides is 1. The normalized spacial score (nSPS) is 21.7. The molecule has 1 aliphatic rings. The van der Waals surface area contributed by atoms with Crippen LogP contribution in [0.1, 0.15) is 30.1 Å². The number of fused-ring (bicyclic) bond motifs is 1. The van der Waals surface area contributed by atoms with Gasteiger partial charge in [0.15, 0.2) is 0 Å². The zero-order valence-corrected chi connectivity index (χ0v) is 13.9. The Hall–Kier alpha value is -1.66. The molecular weight excluding hydrogens is 346 g/mol. The number of aromatic nitrogens is 1. The highest BCUT2D eigenvalue weighted by Gasteiger charge is 2.24. The lowest BCUT2D eigenvalue weighted by molar-refractivity contribution is 0.0921. The number of piperidine rings is 1. The number of hydrogen-bond donors (Lipinski definition) is 3. The second-order valence-corrected chi connectivity index (χ2v) is 6.53. The van der Waals surface area contributed by atoms with Crippen molar-refractivity contribution < 1.29 is 4.79 Å². The number of hydrogen-bond acceptors (Lipinski definition) is 3. The van der Waals surface area contributed by atoms with Crippen molar-refractivity contribution in [3.8, 4) is 0 Å². The molecule has 2 aromatic rings. The number of benzene rings is 1. The number of carbonyl (C=O) groups is 1. The second kappa shape index (κ2) is 6.22. The van der Waals surface area contributed by atoms with Crippen molar-refractivity contribution in [3.05, 3.63) is 44.7 Å². The van der Waals surface area contributed by atoms with E-state index in [4.69, 9.17) is 0 Å². The van der Waals surface area contributed by atoms with Gasteiger partial charge >= 0.3 is 0 Å². The fraction of sp³-hybridized carbons (Fsp3) is 0.375. The molecule has 1 aromatic heterocycles. The smallest absolute Gasteiger partial charge is 0.252 e. The second-order valence-electron chi connectivity index (χ2n) is 5.67. The maximum atomic E-state index is 12.6. The first-order valence-corrected chi connectivity index (χ1v) is 8.21. The minimum Gasteiger partial charge on any atom is -0.348 e. The van der Waals surface area contributed by atoms with Gasteiger partial charge in [-0.05, 0) is 48.3 Å². The van der Waals surface area contributed by atoms with Crippen LogP contribution in [-0.2, 0) is 0 Å². The molecule has 1 saturated heterocycles. The van der Waals surface area contributed by atoms with Crippen LogP contribution in [0, 0.1) is 0 Å². The van der Waals surface area contributed by atoms with E-state index in [9.17, 15) is 9.59 Å². The van der Waals surface area contributed by atoms with E-state index in [1.54, 1.807) is 0 Å². The first-order chi connectivity index (χ1) is 10.6. The third-order valence-corrected chi connectivity index (χ3v) is 4.81. The fourth-order valence-corrected chi connectivity index (χ4v) is 3.38. The van der Waals surface area contributed by atoms with Crippen LogP contribution in [0.3, 0.4) is 0 Å². The van der Waals surface area contributed by atoms with Crippen LogP contribution < -0.4 is 16.2 Å². The van der Waals surface area contributed by atoms with Crippen LogP contribution in [0.5, 0.6) is 0 Å². The number of pyridine rings is 1. The van der Waals surface area contributed by atoms with Crippen molar-refractivity contribution in [1.29, 1.82) is 0 Å². The van der Waals surface area contributed by atoms with Crippen molar-refractivity contribution >= 4 is 32.7 Å². The third kappa shape index (κ3) is 2.94. The SMILES string of the molecule is CC1NCCCC1NC(=O)c1cc(=O)[nH]c2c(Br)cccc12. The van der Waals surface area contributed by atoms with Gasteiger partial charge in [0.1, 0.15) is 0 Å². The summed E-state index contributed by atoms with van der Waals surface area (Å²) in [7, 11) is 0. The molecule has 3 N–H and O–H groups in total. The van der Waals surface area contributed by atoms with Crippen LogP contribution in [0.25, 0.3) is 10.9 Å². The van der Waals surface area contributed by atoms with E-state index >= 15 is 0 Å². The zero-order chi connectivity index (χ0) is 15.7. The molecule has 5 nitrogen and oxygen atoms in total. The van der Waals surface area contributed by atoms with Gasteiger partial charge in [-0.2, -0.15) is 0 Å². The summed E-state index contributed by atoms with van der Waals surface area (Å²) >= 11 is 3.41. The van der Waals surface area contributed by atoms with E-state index in [2.05, 4.69) is 38.5 Å². The Morgan fingerprint density at radius 2 is 2.23 bits per heavy atom. The largest absolute Gasteiger partial charge is 0.348 e. The van der Waals surface area contributed by atoms with Crippen molar-refractivity contribution in [2.45, 2.75) is 31.8 Å². The number of carbonyl (C=O) groups excluding carboxylic acids is 1. The lowest BCUT2D eigenvalue weighted by atomic mass is 9.99. The minimum atomic E-state index is -0.278. The molecule has 116 valence electrons. The summed E-state index contributed by atoms with van der Waals surface area (Å²) in [5.41, 5.74) is 0.784. The number of rotatable bonds is 2. The van der Waals surface area contributed by atoms with E-state index in [0.717, 1.165) is 29.2 Å². The summed E-state index contributed by atoms with van der Waals surface area (Å²) in [5.74, 6) is -0.199. The molecule has 1 aliphatic heterocycles. The van der Waals surface area contributed by atoms with Crippen molar-refractivity contribution in [2.75, 3.05) is 6.54 Å². The van der Waals surface area contributed by atoms with Crippen molar-refractivity contribution in [1.82, 2.24) is 15.6 Å². The fourth-order valence-electron chi connectivity index (χ4n) is 2.92. The van der Waals surface area contributed by atoms with Crippen LogP contribution in [0.15, 0.2) is 33.5 Å². The average molecular weight is 364 g/mol. The van der Waals surface area contributed by atoms with Gasteiger partial charge in [0.05, 0.1) is 11.1 Å². The van der Waals surface area contributed by atoms with Gasteiger partial charge in [-0.1, -0.05) is 12.1 Å². The topological polar surface area (TPSA) is 74.0 Å². The highest BCUT2D eigenvalue weighted by Crippen LogP contribution is 2.23. The Morgan fingerprint density at radius 1 is 1.41 bits per heavy atom. The Morgan fingerprint density at radius 3 is 3.00 bits per heavy atom. The van der Waals surface area contributed by atoms with Crippen LogP contribution >= 0.6 is 15.9 Å². The first kappa shape index (κ1) is 15.2. The van der Waals surface area contributed by atoms with Gasteiger partial charge in [-0.3, -0.25) is 9.59 Å². The summed E-state index contributed by atoms with van der Waals surface area (Å²) in [6, 6.07) is 7.22. The summed E-state index contributed by atoms with van der Waals surface area (Å²) in [4.78, 5) is 27.2. The molecule has 1 amide bonds. The van der Waals surface area contributed by atoms with Crippen molar-refractivity contribution in [3.63, 3.8) is 0 Å². The highest BCUT2D eigenvalue weighted by atomic mass is 79.9. The van der Waals surface area contributed by atoms with Gasteiger partial charge in [-0.25, -0.2) is 0 Å². The van der Waals surface area contributed by atoms with Gasteiger partial charge in [0.25, 0.3) is 5.91 Å². The monoisotopic (exact) mass is 363 g/mol. The Bertz CT molecular complexity index is 772. The van der Waals surface area contributed by atoms with Gasteiger partial charge < -0.3 is 15.6 Å². The summed E-state index contributed by atoms with van der Waals surface area (Å²) < 4.78 is 0.768. The summed E-state index contributed by atoms with van der Waals surface area (Å²) in [6.07, 6.45) is 1.99. The molecule has 0 spiro atoms. The molecule has 1 fully saturated rings. The van der Waals surface area contributed by atoms with Crippen LogP contribution in [-0.4, -0.2) is 29.5 Å². The standard InChI is InChI=1S/C16H18BrN3O2/c1-9-13(6-3-7-18-9)19-16(22)11-8-14(21)20-15-10(11)4-2-5-12(15)17/h2,4-5,8-9,13,18H,3,6-7H2,1H3,(H,19,22)(H,20,21). The average Bonchev–Trinajstić information content (AvgIpc) is 2.50. The third-order valence-electron chi connectivity index (χ3n) is 4.15. The maximum absolute atomic E-state index is 12.6. The van der Waals surface area contributed by atoms with E-state index in [0.29, 0.717) is 11.1 Å². The van der Waals surface area contributed by atoms with Gasteiger partial charge in [0, 0.05) is 28.0 Å². The minimum absolute atomic E-state index is 0.0859. The molecule has 0 saturated carbocycles. The molecule has 0 aliphatic carbocycles. The number of nitrogens with one attached hydrogen (secondary N) is 3. The highest BCUT2D eigenvalue weighted by molar-refractivity contribution is 9.10. The zero-order valence-electron chi connectivity index (χ0n) is 12.3. The lowest BCUT2D eigenvalue weighted by Crippen LogP contribution is -2.52. The lowest BCUT2D eigenvalue weighted by Gasteiger charge is -2.30. The van der Waals surface area contributed by atoms with E-state index in [-0.39, 0.29) is 23.6 Å². The maximum Gasteiger partial charge on any atom is 0.252 e. The number of para-hydroxylation sites is 1. The van der Waals surface area contributed by atoms with Crippen LogP contribution in [0.2, 0.25) is 0 Å². The molecule has 6 heteroatoms. The molecule has 0 radical (unpaired) electrons. The molecule has 22 heavy (non-hydrogen) atoms. The Kier molecular flexibility index (Phi) is 4.31. The van der Waals surface area contributed by atoms with Gasteiger partial charge in [0.2, 0.25) is 5.56 Å². The predicted octanol–water partition coefficient (Wildman–Crippen LogP) is 2.16. The molecule has 2 atom stereocenters. The molecule has 2 heterocycles. The quantitative estimate of drug-likeness (QED) is 0.765.